The van der Waals surface area contributed by atoms with Gasteiger partial charge in [0.1, 0.15) is 0 Å². The van der Waals surface area contributed by atoms with Gasteiger partial charge in [-0.15, -0.1) is 0 Å². The van der Waals surface area contributed by atoms with Gasteiger partial charge in [0, 0.05) is 19.8 Å². The summed E-state index contributed by atoms with van der Waals surface area (Å²) in [6, 6.07) is 5.12. The molecule has 1 rings (SSSR count). The number of benzene rings is 1. The van der Waals surface area contributed by atoms with Crippen LogP contribution in [-0.2, 0) is 5.41 Å². The van der Waals surface area contributed by atoms with E-state index < -0.39 is 5.97 Å². The number of carbonyl (C=O) groups excluding carboxylic acids is 1. The number of anilines is 1. The molecule has 1 aromatic rings. The standard InChI is InChI=1S/C13H19NO2/c1-13(2,3)10-7-6-9(12(15)16)8-11(10)14(4)5/h6-8H,1-5H3,(H,15,16)/p-1. The molecule has 3 heteroatoms. The molecule has 3 nitrogen and oxygen atoms in total. The lowest BCUT2D eigenvalue weighted by atomic mass is 9.85. The van der Waals surface area contributed by atoms with E-state index in [4.69, 9.17) is 0 Å². The van der Waals surface area contributed by atoms with Gasteiger partial charge in [-0.05, 0) is 22.6 Å². The average Bonchev–Trinajstić information content (AvgIpc) is 2.15. The molecule has 0 spiro atoms. The van der Waals surface area contributed by atoms with Crippen molar-refractivity contribution in [1.29, 1.82) is 0 Å². The fraction of sp³-hybridized carbons (Fsp3) is 0.462. The molecule has 88 valence electrons. The summed E-state index contributed by atoms with van der Waals surface area (Å²) in [5, 5.41) is 10.8. The highest BCUT2D eigenvalue weighted by atomic mass is 16.4. The van der Waals surface area contributed by atoms with E-state index in [9.17, 15) is 9.90 Å². The Morgan fingerprint density at radius 3 is 2.19 bits per heavy atom. The van der Waals surface area contributed by atoms with E-state index in [0.717, 1.165) is 11.3 Å². The highest BCUT2D eigenvalue weighted by Crippen LogP contribution is 2.31. The molecule has 0 unspecified atom stereocenters. The SMILES string of the molecule is CN(C)c1cc(C(=O)[O-])ccc1C(C)(C)C. The number of hydrogen-bond donors (Lipinski definition) is 0. The van der Waals surface area contributed by atoms with Crippen molar-refractivity contribution in [2.24, 2.45) is 0 Å². The summed E-state index contributed by atoms with van der Waals surface area (Å²) < 4.78 is 0. The molecule has 0 aliphatic carbocycles. The first-order chi connectivity index (χ1) is 7.23. The third kappa shape index (κ3) is 2.54. The summed E-state index contributed by atoms with van der Waals surface area (Å²) >= 11 is 0. The molecule has 0 saturated carbocycles. The number of carbonyl (C=O) groups is 1. The van der Waals surface area contributed by atoms with Gasteiger partial charge in [-0.3, -0.25) is 0 Å². The molecule has 1 aromatic carbocycles. The van der Waals surface area contributed by atoms with Gasteiger partial charge in [-0.2, -0.15) is 0 Å². The molecule has 0 radical (unpaired) electrons. The summed E-state index contributed by atoms with van der Waals surface area (Å²) in [4.78, 5) is 12.7. The second-order valence-corrected chi connectivity index (χ2v) is 5.16. The number of carboxylic acid groups (broad SMARTS) is 1. The highest BCUT2D eigenvalue weighted by Gasteiger charge is 2.19. The number of aromatic carboxylic acids is 1. The zero-order valence-electron chi connectivity index (χ0n) is 10.5. The van der Waals surface area contributed by atoms with Crippen LogP contribution < -0.4 is 10.0 Å². The topological polar surface area (TPSA) is 43.4 Å². The zero-order chi connectivity index (χ0) is 12.5. The lowest BCUT2D eigenvalue weighted by Crippen LogP contribution is -2.24. The van der Waals surface area contributed by atoms with Crippen LogP contribution in [-0.4, -0.2) is 20.1 Å². The average molecular weight is 220 g/mol. The van der Waals surface area contributed by atoms with E-state index in [0.29, 0.717) is 0 Å². The maximum atomic E-state index is 10.8. The van der Waals surface area contributed by atoms with E-state index in [1.165, 1.54) is 0 Å². The monoisotopic (exact) mass is 220 g/mol. The van der Waals surface area contributed by atoms with Crippen LogP contribution in [0.1, 0.15) is 36.7 Å². The van der Waals surface area contributed by atoms with Crippen LogP contribution in [0.5, 0.6) is 0 Å². The first kappa shape index (κ1) is 12.6. The molecule has 0 N–H and O–H groups in total. The van der Waals surface area contributed by atoms with Crippen molar-refractivity contribution in [1.82, 2.24) is 0 Å². The van der Waals surface area contributed by atoms with Gasteiger partial charge in [0.2, 0.25) is 0 Å². The number of carboxylic acids is 1. The fourth-order valence-electron chi connectivity index (χ4n) is 1.66. The van der Waals surface area contributed by atoms with E-state index in [1.807, 2.05) is 25.1 Å². The van der Waals surface area contributed by atoms with Gasteiger partial charge in [0.25, 0.3) is 0 Å². The Balaban J connectivity index is 3.37. The van der Waals surface area contributed by atoms with Gasteiger partial charge < -0.3 is 14.8 Å². The third-order valence-electron chi connectivity index (χ3n) is 2.52. The van der Waals surface area contributed by atoms with E-state index in [1.54, 1.807) is 12.1 Å². The summed E-state index contributed by atoms with van der Waals surface area (Å²) in [6.45, 7) is 6.32. The zero-order valence-corrected chi connectivity index (χ0v) is 10.5. The number of rotatable bonds is 2. The molecule has 0 saturated heterocycles. The van der Waals surface area contributed by atoms with Crippen molar-refractivity contribution in [2.75, 3.05) is 19.0 Å². The minimum atomic E-state index is -1.14. The van der Waals surface area contributed by atoms with Crippen molar-refractivity contribution >= 4 is 11.7 Å². The smallest absolute Gasteiger partial charge is 0.0716 e. The molecular formula is C13H18NO2-. The quantitative estimate of drug-likeness (QED) is 0.757. The Morgan fingerprint density at radius 2 is 1.81 bits per heavy atom. The normalized spacial score (nSPS) is 11.3. The minimum Gasteiger partial charge on any atom is -0.545 e. The molecular weight excluding hydrogens is 202 g/mol. The molecule has 0 aliphatic rings. The van der Waals surface area contributed by atoms with Crippen molar-refractivity contribution in [3.8, 4) is 0 Å². The van der Waals surface area contributed by atoms with Gasteiger partial charge in [-0.25, -0.2) is 0 Å². The van der Waals surface area contributed by atoms with Gasteiger partial charge in [0.05, 0.1) is 5.97 Å². The summed E-state index contributed by atoms with van der Waals surface area (Å²) in [6.07, 6.45) is 0. The second kappa shape index (κ2) is 4.16. The van der Waals surface area contributed by atoms with Gasteiger partial charge >= 0.3 is 0 Å². The van der Waals surface area contributed by atoms with Crippen molar-refractivity contribution in [3.63, 3.8) is 0 Å². The molecule has 0 aromatic heterocycles. The predicted molar refractivity (Wildman–Crippen MR) is 63.8 cm³/mol. The molecule has 0 fully saturated rings. The maximum Gasteiger partial charge on any atom is 0.0716 e. The van der Waals surface area contributed by atoms with Crippen LogP contribution in [0.25, 0.3) is 0 Å². The highest BCUT2D eigenvalue weighted by molar-refractivity contribution is 5.87. The first-order valence-corrected chi connectivity index (χ1v) is 5.26. The van der Waals surface area contributed by atoms with Crippen LogP contribution >= 0.6 is 0 Å². The van der Waals surface area contributed by atoms with Crippen molar-refractivity contribution in [2.45, 2.75) is 26.2 Å². The lowest BCUT2D eigenvalue weighted by molar-refractivity contribution is -0.255. The Kier molecular flexibility index (Phi) is 3.27. The van der Waals surface area contributed by atoms with Crippen LogP contribution in [0.2, 0.25) is 0 Å². The fourth-order valence-corrected chi connectivity index (χ4v) is 1.66. The van der Waals surface area contributed by atoms with Gasteiger partial charge in [0.15, 0.2) is 0 Å². The summed E-state index contributed by atoms with van der Waals surface area (Å²) in [5.41, 5.74) is 2.26. The van der Waals surface area contributed by atoms with Crippen LogP contribution in [0.3, 0.4) is 0 Å². The Hall–Kier alpha value is -1.51. The van der Waals surface area contributed by atoms with Crippen molar-refractivity contribution in [3.05, 3.63) is 29.3 Å². The third-order valence-corrected chi connectivity index (χ3v) is 2.52. The largest absolute Gasteiger partial charge is 0.545 e. The molecule has 0 aliphatic heterocycles. The lowest BCUT2D eigenvalue weighted by Gasteiger charge is -2.27. The second-order valence-electron chi connectivity index (χ2n) is 5.16. The van der Waals surface area contributed by atoms with Crippen molar-refractivity contribution < 1.29 is 9.90 Å². The van der Waals surface area contributed by atoms with Crippen LogP contribution in [0.4, 0.5) is 5.69 Å². The minimum absolute atomic E-state index is 0.00986. The maximum absolute atomic E-state index is 10.8. The molecule has 0 atom stereocenters. The Morgan fingerprint density at radius 1 is 1.25 bits per heavy atom. The molecule has 0 bridgehead atoms. The Bertz CT molecular complexity index is 403. The molecule has 16 heavy (non-hydrogen) atoms. The number of nitrogens with zero attached hydrogens (tertiary/aromatic N) is 1. The van der Waals surface area contributed by atoms with E-state index >= 15 is 0 Å². The van der Waals surface area contributed by atoms with E-state index in [2.05, 4.69) is 20.8 Å². The van der Waals surface area contributed by atoms with E-state index in [-0.39, 0.29) is 11.0 Å². The Labute approximate surface area is 96.7 Å². The summed E-state index contributed by atoms with van der Waals surface area (Å²) in [7, 11) is 3.81. The predicted octanol–water partition coefficient (Wildman–Crippen LogP) is 1.41. The van der Waals surface area contributed by atoms with Gasteiger partial charge in [-0.1, -0.05) is 32.9 Å². The summed E-state index contributed by atoms with van der Waals surface area (Å²) in [5.74, 6) is -1.14. The van der Waals surface area contributed by atoms with Crippen LogP contribution in [0, 0.1) is 0 Å². The number of hydrogen-bond acceptors (Lipinski definition) is 3. The molecule has 0 amide bonds. The van der Waals surface area contributed by atoms with Crippen LogP contribution in [0.15, 0.2) is 18.2 Å². The first-order valence-electron chi connectivity index (χ1n) is 5.26. The molecule has 0 heterocycles.